The molecule has 4 fully saturated rings. The van der Waals surface area contributed by atoms with E-state index in [2.05, 4.69) is 5.32 Å². The Labute approximate surface area is 96.0 Å². The second kappa shape index (κ2) is 4.00. The van der Waals surface area contributed by atoms with Gasteiger partial charge in [-0.3, -0.25) is 4.79 Å². The van der Waals surface area contributed by atoms with Crippen molar-refractivity contribution in [2.75, 3.05) is 19.6 Å². The van der Waals surface area contributed by atoms with Gasteiger partial charge in [0.05, 0.1) is 12.1 Å². The average molecular weight is 224 g/mol. The largest absolute Gasteiger partial charge is 0.392 e. The maximum absolute atomic E-state index is 12.2. The standard InChI is InChI=1S/C12H20N2O2/c15-11-8-5-9(11)7-14(6-8)12(16)10-3-1-2-4-13-10/h8-11,13,15H,1-7H2/t8-,9+,10-,11?/m1/s1. The van der Waals surface area contributed by atoms with Crippen LogP contribution < -0.4 is 5.32 Å². The molecule has 3 aliphatic heterocycles. The van der Waals surface area contributed by atoms with E-state index >= 15 is 0 Å². The van der Waals surface area contributed by atoms with Crippen molar-refractivity contribution >= 4 is 5.91 Å². The SMILES string of the molecule is O=C([C@H]1CCCCN1)N1C[C@H]2C[C@@H](C1)C2O. The third-order valence-electron chi connectivity index (χ3n) is 4.40. The van der Waals surface area contributed by atoms with Crippen LogP contribution in [0.15, 0.2) is 0 Å². The first-order chi connectivity index (χ1) is 7.75. The zero-order valence-electron chi connectivity index (χ0n) is 9.56. The van der Waals surface area contributed by atoms with Crippen LogP contribution >= 0.6 is 0 Å². The summed E-state index contributed by atoms with van der Waals surface area (Å²) in [5, 5.41) is 13.0. The van der Waals surface area contributed by atoms with E-state index in [1.54, 1.807) is 0 Å². The number of aliphatic hydroxyl groups excluding tert-OH is 1. The van der Waals surface area contributed by atoms with Crippen molar-refractivity contribution in [2.24, 2.45) is 11.8 Å². The number of rotatable bonds is 1. The van der Waals surface area contributed by atoms with Crippen LogP contribution in [0.5, 0.6) is 0 Å². The van der Waals surface area contributed by atoms with E-state index in [1.807, 2.05) is 4.90 Å². The van der Waals surface area contributed by atoms with E-state index in [1.165, 1.54) is 6.42 Å². The molecule has 1 unspecified atom stereocenters. The van der Waals surface area contributed by atoms with Crippen LogP contribution in [0.2, 0.25) is 0 Å². The molecule has 2 N–H and O–H groups in total. The maximum atomic E-state index is 12.2. The summed E-state index contributed by atoms with van der Waals surface area (Å²) in [5.74, 6) is 0.971. The van der Waals surface area contributed by atoms with Gasteiger partial charge in [-0.15, -0.1) is 0 Å². The maximum Gasteiger partial charge on any atom is 0.239 e. The number of piperidine rings is 3. The first-order valence-electron chi connectivity index (χ1n) is 6.46. The first-order valence-corrected chi connectivity index (χ1v) is 6.46. The fourth-order valence-corrected chi connectivity index (χ4v) is 3.33. The molecule has 1 aliphatic carbocycles. The lowest BCUT2D eigenvalue weighted by Crippen LogP contribution is -2.62. The third kappa shape index (κ3) is 1.64. The Morgan fingerprint density at radius 2 is 2.00 bits per heavy atom. The minimum Gasteiger partial charge on any atom is -0.392 e. The molecular formula is C12H20N2O2. The number of carbonyl (C=O) groups excluding carboxylic acids is 1. The number of aliphatic hydroxyl groups is 1. The zero-order valence-corrected chi connectivity index (χ0v) is 9.56. The van der Waals surface area contributed by atoms with Crippen LogP contribution in [0.3, 0.4) is 0 Å². The number of nitrogens with zero attached hydrogens (tertiary/aromatic N) is 1. The van der Waals surface area contributed by atoms with Crippen molar-refractivity contribution in [1.82, 2.24) is 10.2 Å². The fourth-order valence-electron chi connectivity index (χ4n) is 3.33. The molecule has 4 rings (SSSR count). The Morgan fingerprint density at radius 3 is 2.56 bits per heavy atom. The van der Waals surface area contributed by atoms with Crippen molar-refractivity contribution in [3.05, 3.63) is 0 Å². The molecule has 4 nitrogen and oxygen atoms in total. The Balaban J connectivity index is 1.59. The Bertz CT molecular complexity index is 277. The molecule has 0 spiro atoms. The van der Waals surface area contributed by atoms with Crippen molar-refractivity contribution in [3.63, 3.8) is 0 Å². The summed E-state index contributed by atoms with van der Waals surface area (Å²) in [5.41, 5.74) is 0. The van der Waals surface area contributed by atoms with Crippen LogP contribution in [0.4, 0.5) is 0 Å². The van der Waals surface area contributed by atoms with E-state index in [0.717, 1.165) is 38.9 Å². The van der Waals surface area contributed by atoms with Gasteiger partial charge < -0.3 is 15.3 Å². The molecule has 3 saturated heterocycles. The number of nitrogens with one attached hydrogen (secondary N) is 1. The van der Waals surface area contributed by atoms with Gasteiger partial charge in [0.15, 0.2) is 0 Å². The van der Waals surface area contributed by atoms with Gasteiger partial charge in [0.2, 0.25) is 5.91 Å². The highest BCUT2D eigenvalue weighted by Crippen LogP contribution is 2.40. The number of fused-ring (bicyclic) bond motifs is 2. The highest BCUT2D eigenvalue weighted by atomic mass is 16.3. The number of amides is 1. The quantitative estimate of drug-likeness (QED) is 0.657. The molecule has 1 saturated carbocycles. The predicted molar refractivity (Wildman–Crippen MR) is 59.8 cm³/mol. The van der Waals surface area contributed by atoms with Crippen LogP contribution in [-0.4, -0.2) is 47.7 Å². The molecule has 0 radical (unpaired) electrons. The van der Waals surface area contributed by atoms with Gasteiger partial charge in [0.25, 0.3) is 0 Å². The minimum atomic E-state index is -0.136. The summed E-state index contributed by atoms with van der Waals surface area (Å²) in [7, 11) is 0. The lowest BCUT2D eigenvalue weighted by Gasteiger charge is -2.51. The monoisotopic (exact) mass is 224 g/mol. The minimum absolute atomic E-state index is 0.0448. The molecule has 90 valence electrons. The van der Waals surface area contributed by atoms with Gasteiger partial charge in [-0.2, -0.15) is 0 Å². The second-order valence-corrected chi connectivity index (χ2v) is 5.49. The van der Waals surface area contributed by atoms with Crippen LogP contribution in [0, 0.1) is 11.8 Å². The Kier molecular flexibility index (Phi) is 2.64. The third-order valence-corrected chi connectivity index (χ3v) is 4.40. The summed E-state index contributed by atoms with van der Waals surface area (Å²) in [6.07, 6.45) is 4.31. The summed E-state index contributed by atoms with van der Waals surface area (Å²) in [6.45, 7) is 2.52. The van der Waals surface area contributed by atoms with E-state index in [4.69, 9.17) is 0 Å². The van der Waals surface area contributed by atoms with E-state index in [-0.39, 0.29) is 18.1 Å². The fraction of sp³-hybridized carbons (Fsp3) is 0.917. The first kappa shape index (κ1) is 10.5. The van der Waals surface area contributed by atoms with Crippen LogP contribution in [-0.2, 0) is 4.79 Å². The lowest BCUT2D eigenvalue weighted by atomic mass is 9.68. The number of carbonyl (C=O) groups is 1. The summed E-state index contributed by atoms with van der Waals surface area (Å²) in [4.78, 5) is 14.2. The second-order valence-electron chi connectivity index (χ2n) is 5.49. The number of hydrogen-bond acceptors (Lipinski definition) is 3. The summed E-state index contributed by atoms with van der Waals surface area (Å²) in [6, 6.07) is 0.0448. The van der Waals surface area contributed by atoms with Crippen molar-refractivity contribution < 1.29 is 9.90 Å². The predicted octanol–water partition coefficient (Wildman–Crippen LogP) is -0.0323. The van der Waals surface area contributed by atoms with Crippen molar-refractivity contribution in [3.8, 4) is 0 Å². The van der Waals surface area contributed by atoms with Crippen LogP contribution in [0.1, 0.15) is 25.7 Å². The lowest BCUT2D eigenvalue weighted by molar-refractivity contribution is -0.152. The molecule has 1 amide bonds. The average Bonchev–Trinajstić information content (AvgIpc) is 2.38. The molecule has 16 heavy (non-hydrogen) atoms. The highest BCUT2D eigenvalue weighted by Gasteiger charge is 2.47. The topological polar surface area (TPSA) is 52.6 Å². The molecular weight excluding hydrogens is 204 g/mol. The van der Waals surface area contributed by atoms with Gasteiger partial charge >= 0.3 is 0 Å². The molecule has 0 aromatic heterocycles. The van der Waals surface area contributed by atoms with Crippen molar-refractivity contribution in [2.45, 2.75) is 37.8 Å². The molecule has 0 aromatic rings. The van der Waals surface area contributed by atoms with E-state index < -0.39 is 0 Å². The van der Waals surface area contributed by atoms with Gasteiger partial charge in [0.1, 0.15) is 0 Å². The molecule has 4 heteroatoms. The van der Waals surface area contributed by atoms with E-state index in [0.29, 0.717) is 11.8 Å². The van der Waals surface area contributed by atoms with Gasteiger partial charge in [-0.05, 0) is 25.8 Å². The zero-order chi connectivity index (χ0) is 11.1. The molecule has 2 bridgehead atoms. The summed E-state index contributed by atoms with van der Waals surface area (Å²) < 4.78 is 0. The normalized spacial score (nSPS) is 42.7. The van der Waals surface area contributed by atoms with Crippen molar-refractivity contribution in [1.29, 1.82) is 0 Å². The number of hydrogen-bond donors (Lipinski definition) is 2. The summed E-state index contributed by atoms with van der Waals surface area (Å²) >= 11 is 0. The molecule has 3 heterocycles. The highest BCUT2D eigenvalue weighted by molar-refractivity contribution is 5.82. The van der Waals surface area contributed by atoms with Gasteiger partial charge in [-0.25, -0.2) is 0 Å². The van der Waals surface area contributed by atoms with Crippen LogP contribution in [0.25, 0.3) is 0 Å². The van der Waals surface area contributed by atoms with E-state index in [9.17, 15) is 9.90 Å². The molecule has 4 atom stereocenters. The Morgan fingerprint density at radius 1 is 1.25 bits per heavy atom. The van der Waals surface area contributed by atoms with Gasteiger partial charge in [0, 0.05) is 24.9 Å². The molecule has 0 aromatic carbocycles. The Hall–Kier alpha value is -0.610. The van der Waals surface area contributed by atoms with Gasteiger partial charge in [-0.1, -0.05) is 6.42 Å². The molecule has 4 aliphatic rings. The smallest absolute Gasteiger partial charge is 0.239 e.